The van der Waals surface area contributed by atoms with Crippen LogP contribution < -0.4 is 5.73 Å². The van der Waals surface area contributed by atoms with Crippen molar-refractivity contribution < 1.29 is 5.11 Å². The van der Waals surface area contributed by atoms with Crippen molar-refractivity contribution >= 4 is 11.8 Å². The summed E-state index contributed by atoms with van der Waals surface area (Å²) in [5.74, 6) is 2.49. The Labute approximate surface area is 102 Å². The maximum atomic E-state index is 9.47. The van der Waals surface area contributed by atoms with Crippen LogP contribution in [-0.4, -0.2) is 23.2 Å². The lowest BCUT2D eigenvalue weighted by Crippen LogP contribution is -2.43. The lowest BCUT2D eigenvalue weighted by Gasteiger charge is -2.27. The number of hydrogen-bond donors (Lipinski definition) is 2. The molecule has 0 fully saturated rings. The van der Waals surface area contributed by atoms with Gasteiger partial charge in [-0.25, -0.2) is 0 Å². The number of thioether (sulfide) groups is 1. The van der Waals surface area contributed by atoms with Crippen LogP contribution in [0.25, 0.3) is 0 Å². The Hall–Kier alpha value is -0.510. The Morgan fingerprint density at radius 2 is 1.94 bits per heavy atom. The van der Waals surface area contributed by atoms with Gasteiger partial charge in [-0.05, 0) is 17.2 Å². The number of nitrogens with two attached hydrogens (primary N) is 1. The monoisotopic (exact) mass is 239 g/mol. The number of hydrogen-bond acceptors (Lipinski definition) is 3. The van der Waals surface area contributed by atoms with Crippen molar-refractivity contribution in [1.29, 1.82) is 0 Å². The van der Waals surface area contributed by atoms with Crippen molar-refractivity contribution in [3.63, 3.8) is 0 Å². The maximum Gasteiger partial charge on any atom is 0.0735 e. The van der Waals surface area contributed by atoms with Gasteiger partial charge in [0.2, 0.25) is 0 Å². The molecule has 0 heterocycles. The molecule has 0 aliphatic rings. The summed E-state index contributed by atoms with van der Waals surface area (Å²) >= 11 is 1.80. The van der Waals surface area contributed by atoms with E-state index in [9.17, 15) is 5.11 Å². The highest BCUT2D eigenvalue weighted by Crippen LogP contribution is 2.23. The smallest absolute Gasteiger partial charge is 0.0735 e. The minimum Gasteiger partial charge on any atom is -0.394 e. The van der Waals surface area contributed by atoms with Crippen molar-refractivity contribution in [2.24, 2.45) is 11.7 Å². The third-order valence-corrected chi connectivity index (χ3v) is 4.06. The standard InChI is InChI=1S/C13H21NOS/c1-11(2)8-16-10-13(14,9-15)12-6-4-3-5-7-12/h3-7,11,15H,8-10,14H2,1-2H3. The molecule has 1 aromatic rings. The molecule has 1 atom stereocenters. The van der Waals surface area contributed by atoms with Crippen LogP contribution in [0.1, 0.15) is 19.4 Å². The van der Waals surface area contributed by atoms with Crippen LogP contribution in [0.2, 0.25) is 0 Å². The maximum absolute atomic E-state index is 9.47. The molecule has 0 saturated heterocycles. The fourth-order valence-corrected chi connectivity index (χ4v) is 2.68. The Morgan fingerprint density at radius 3 is 2.44 bits per heavy atom. The first kappa shape index (κ1) is 13.6. The summed E-state index contributed by atoms with van der Waals surface area (Å²) in [6, 6.07) is 9.83. The van der Waals surface area contributed by atoms with Gasteiger partial charge in [-0.1, -0.05) is 44.2 Å². The van der Waals surface area contributed by atoms with E-state index in [2.05, 4.69) is 13.8 Å². The van der Waals surface area contributed by atoms with Gasteiger partial charge in [0.15, 0.2) is 0 Å². The number of aliphatic hydroxyl groups is 1. The van der Waals surface area contributed by atoms with Gasteiger partial charge in [-0.15, -0.1) is 0 Å². The average molecular weight is 239 g/mol. The van der Waals surface area contributed by atoms with Gasteiger partial charge < -0.3 is 10.8 Å². The van der Waals surface area contributed by atoms with Crippen LogP contribution >= 0.6 is 11.8 Å². The summed E-state index contributed by atoms with van der Waals surface area (Å²) in [7, 11) is 0. The molecule has 0 bridgehead atoms. The van der Waals surface area contributed by atoms with Gasteiger partial charge in [0.25, 0.3) is 0 Å². The highest BCUT2D eigenvalue weighted by Gasteiger charge is 2.26. The van der Waals surface area contributed by atoms with Crippen molar-refractivity contribution in [3.8, 4) is 0 Å². The summed E-state index contributed by atoms with van der Waals surface area (Å²) in [5, 5.41) is 9.47. The Balaban J connectivity index is 2.63. The number of rotatable bonds is 6. The normalized spacial score (nSPS) is 15.1. The van der Waals surface area contributed by atoms with Crippen LogP contribution in [0.3, 0.4) is 0 Å². The first-order valence-electron chi connectivity index (χ1n) is 5.61. The zero-order chi connectivity index (χ0) is 12.0. The summed E-state index contributed by atoms with van der Waals surface area (Å²) < 4.78 is 0. The first-order valence-corrected chi connectivity index (χ1v) is 6.77. The molecule has 1 unspecified atom stereocenters. The van der Waals surface area contributed by atoms with E-state index in [4.69, 9.17) is 5.73 Å². The molecular weight excluding hydrogens is 218 g/mol. The highest BCUT2D eigenvalue weighted by atomic mass is 32.2. The largest absolute Gasteiger partial charge is 0.394 e. The quantitative estimate of drug-likeness (QED) is 0.800. The lowest BCUT2D eigenvalue weighted by atomic mass is 9.94. The summed E-state index contributed by atoms with van der Waals surface area (Å²) in [6.07, 6.45) is 0. The molecule has 0 aliphatic heterocycles. The van der Waals surface area contributed by atoms with Gasteiger partial charge in [0, 0.05) is 5.75 Å². The molecular formula is C13H21NOS. The van der Waals surface area contributed by atoms with Gasteiger partial charge in [0.1, 0.15) is 0 Å². The molecule has 16 heavy (non-hydrogen) atoms. The Morgan fingerprint density at radius 1 is 1.31 bits per heavy atom. The second-order valence-corrected chi connectivity index (χ2v) is 5.62. The first-order chi connectivity index (χ1) is 7.58. The van der Waals surface area contributed by atoms with Crippen LogP contribution in [0.4, 0.5) is 0 Å². The van der Waals surface area contributed by atoms with Crippen LogP contribution in [0, 0.1) is 5.92 Å². The van der Waals surface area contributed by atoms with Gasteiger partial charge in [0.05, 0.1) is 12.1 Å². The summed E-state index contributed by atoms with van der Waals surface area (Å²) in [5.41, 5.74) is 6.63. The molecule has 3 heteroatoms. The van der Waals surface area contributed by atoms with E-state index in [-0.39, 0.29) is 6.61 Å². The van der Waals surface area contributed by atoms with Gasteiger partial charge in [-0.2, -0.15) is 11.8 Å². The van der Waals surface area contributed by atoms with E-state index in [1.54, 1.807) is 11.8 Å². The summed E-state index contributed by atoms with van der Waals surface area (Å²) in [6.45, 7) is 4.36. The summed E-state index contributed by atoms with van der Waals surface area (Å²) in [4.78, 5) is 0. The minimum absolute atomic E-state index is 0.0118. The second kappa shape index (κ2) is 6.28. The fraction of sp³-hybridized carbons (Fsp3) is 0.538. The third-order valence-electron chi connectivity index (χ3n) is 2.44. The predicted octanol–water partition coefficient (Wildman–Crippen LogP) is 2.22. The van der Waals surface area contributed by atoms with E-state index in [0.717, 1.165) is 17.1 Å². The fourth-order valence-electron chi connectivity index (χ4n) is 1.47. The SMILES string of the molecule is CC(C)CSCC(N)(CO)c1ccccc1. The zero-order valence-electron chi connectivity index (χ0n) is 10.0. The molecule has 0 saturated carbocycles. The van der Waals surface area contributed by atoms with Crippen molar-refractivity contribution in [1.82, 2.24) is 0 Å². The molecule has 0 spiro atoms. The topological polar surface area (TPSA) is 46.2 Å². The lowest BCUT2D eigenvalue weighted by molar-refractivity contribution is 0.213. The van der Waals surface area contributed by atoms with E-state index in [1.165, 1.54) is 0 Å². The van der Waals surface area contributed by atoms with Crippen LogP contribution in [0.5, 0.6) is 0 Å². The second-order valence-electron chi connectivity index (χ2n) is 4.59. The van der Waals surface area contributed by atoms with Crippen LogP contribution in [0.15, 0.2) is 30.3 Å². The van der Waals surface area contributed by atoms with Crippen molar-refractivity contribution in [2.75, 3.05) is 18.1 Å². The predicted molar refractivity (Wildman–Crippen MR) is 71.6 cm³/mol. The molecule has 3 N–H and O–H groups in total. The highest BCUT2D eigenvalue weighted by molar-refractivity contribution is 7.99. The minimum atomic E-state index is -0.610. The van der Waals surface area contributed by atoms with Gasteiger partial charge >= 0.3 is 0 Å². The molecule has 0 aliphatic carbocycles. The van der Waals surface area contributed by atoms with E-state index in [0.29, 0.717) is 5.92 Å². The molecule has 90 valence electrons. The Kier molecular flexibility index (Phi) is 5.32. The molecule has 1 aromatic carbocycles. The molecule has 0 radical (unpaired) electrons. The molecule has 2 nitrogen and oxygen atoms in total. The Bertz CT molecular complexity index is 302. The third kappa shape index (κ3) is 3.81. The number of aliphatic hydroxyl groups excluding tert-OH is 1. The van der Waals surface area contributed by atoms with Crippen molar-refractivity contribution in [2.45, 2.75) is 19.4 Å². The molecule has 1 rings (SSSR count). The molecule has 0 amide bonds. The van der Waals surface area contributed by atoms with E-state index < -0.39 is 5.54 Å². The van der Waals surface area contributed by atoms with Crippen LogP contribution in [-0.2, 0) is 5.54 Å². The van der Waals surface area contributed by atoms with Crippen molar-refractivity contribution in [3.05, 3.63) is 35.9 Å². The average Bonchev–Trinajstić information content (AvgIpc) is 2.29. The zero-order valence-corrected chi connectivity index (χ0v) is 10.8. The van der Waals surface area contributed by atoms with E-state index >= 15 is 0 Å². The number of benzene rings is 1. The van der Waals surface area contributed by atoms with Gasteiger partial charge in [-0.3, -0.25) is 0 Å². The molecule has 0 aromatic heterocycles. The van der Waals surface area contributed by atoms with E-state index in [1.807, 2.05) is 30.3 Å².